The Morgan fingerprint density at radius 2 is 2.07 bits per heavy atom. The molecule has 1 aliphatic heterocycles. The maximum Gasteiger partial charge on any atom is 0.331 e. The van der Waals surface area contributed by atoms with E-state index in [-0.39, 0.29) is 30.0 Å². The lowest BCUT2D eigenvalue weighted by atomic mass is 10.1. The summed E-state index contributed by atoms with van der Waals surface area (Å²) in [6.07, 6.45) is 1.67. The quantitative estimate of drug-likeness (QED) is 0.554. The third-order valence-corrected chi connectivity index (χ3v) is 4.45. The van der Waals surface area contributed by atoms with Gasteiger partial charge in [0.2, 0.25) is 5.91 Å². The van der Waals surface area contributed by atoms with E-state index in [9.17, 15) is 19.2 Å². The molecule has 0 spiro atoms. The van der Waals surface area contributed by atoms with Crippen LogP contribution in [0.2, 0.25) is 0 Å². The van der Waals surface area contributed by atoms with E-state index in [4.69, 9.17) is 10.00 Å². The van der Waals surface area contributed by atoms with Crippen molar-refractivity contribution in [2.45, 2.75) is 13.0 Å². The van der Waals surface area contributed by atoms with E-state index in [1.807, 2.05) is 6.07 Å². The monoisotopic (exact) mass is 387 g/mol. The number of benzene rings is 1. The standard InChI is InChI=1S/C18H17N3O5S/c1-12(17(24)20-8-9-21-15(22)11-27-18(21)25)26-16(23)7-6-13-2-4-14(10-19)5-3-13/h2-7,12H,8-9,11H2,1H3,(H,20,24)/b7-6+/t12-/m0/s1. The molecule has 0 radical (unpaired) electrons. The van der Waals surface area contributed by atoms with Gasteiger partial charge < -0.3 is 10.1 Å². The summed E-state index contributed by atoms with van der Waals surface area (Å²) < 4.78 is 5.00. The molecule has 140 valence electrons. The zero-order chi connectivity index (χ0) is 19.8. The fourth-order valence-electron chi connectivity index (χ4n) is 2.13. The van der Waals surface area contributed by atoms with Crippen LogP contribution in [0, 0.1) is 11.3 Å². The molecular weight excluding hydrogens is 370 g/mol. The number of hydrogen-bond acceptors (Lipinski definition) is 7. The second kappa shape index (κ2) is 9.54. The Labute approximate surface area is 160 Å². The van der Waals surface area contributed by atoms with Crippen LogP contribution in [0.3, 0.4) is 0 Å². The summed E-state index contributed by atoms with van der Waals surface area (Å²) in [7, 11) is 0. The molecule has 9 heteroatoms. The lowest BCUT2D eigenvalue weighted by Crippen LogP contribution is -2.41. The summed E-state index contributed by atoms with van der Waals surface area (Å²) in [5, 5.41) is 10.9. The van der Waals surface area contributed by atoms with Crippen LogP contribution >= 0.6 is 11.8 Å². The second-order valence-corrected chi connectivity index (χ2v) is 6.46. The average Bonchev–Trinajstić information content (AvgIpc) is 2.98. The molecule has 0 unspecified atom stereocenters. The largest absolute Gasteiger partial charge is 0.449 e. The van der Waals surface area contributed by atoms with Gasteiger partial charge in [-0.15, -0.1) is 0 Å². The van der Waals surface area contributed by atoms with E-state index in [0.717, 1.165) is 16.7 Å². The molecule has 27 heavy (non-hydrogen) atoms. The topological polar surface area (TPSA) is 117 Å². The van der Waals surface area contributed by atoms with Crippen molar-refractivity contribution in [1.82, 2.24) is 10.2 Å². The third-order valence-electron chi connectivity index (χ3n) is 3.59. The molecule has 1 N–H and O–H groups in total. The maximum absolute atomic E-state index is 11.9. The van der Waals surface area contributed by atoms with E-state index in [2.05, 4.69) is 5.32 Å². The van der Waals surface area contributed by atoms with Crippen LogP contribution in [0.15, 0.2) is 30.3 Å². The number of thioether (sulfide) groups is 1. The Hall–Kier alpha value is -3.12. The number of esters is 1. The van der Waals surface area contributed by atoms with Crippen molar-refractivity contribution in [3.8, 4) is 6.07 Å². The zero-order valence-corrected chi connectivity index (χ0v) is 15.3. The molecule has 0 saturated carbocycles. The molecule has 0 bridgehead atoms. The van der Waals surface area contributed by atoms with Crippen molar-refractivity contribution < 1.29 is 23.9 Å². The number of amides is 3. The molecule has 1 aliphatic rings. The summed E-state index contributed by atoms with van der Waals surface area (Å²) >= 11 is 0.925. The predicted molar refractivity (Wildman–Crippen MR) is 98.3 cm³/mol. The molecule has 1 fully saturated rings. The summed E-state index contributed by atoms with van der Waals surface area (Å²) in [5.74, 6) is -1.39. The number of carbonyl (C=O) groups is 4. The van der Waals surface area contributed by atoms with Gasteiger partial charge in [0, 0.05) is 19.2 Å². The third kappa shape index (κ3) is 5.97. The van der Waals surface area contributed by atoms with E-state index in [0.29, 0.717) is 11.1 Å². The van der Waals surface area contributed by atoms with Gasteiger partial charge in [0.15, 0.2) is 6.10 Å². The van der Waals surface area contributed by atoms with E-state index >= 15 is 0 Å². The SMILES string of the molecule is C[C@H](OC(=O)/C=C/c1ccc(C#N)cc1)C(=O)NCCN1C(=O)CSC1=O. The number of carbonyl (C=O) groups excluding carboxylic acids is 4. The molecule has 1 atom stereocenters. The molecule has 1 heterocycles. The molecule has 8 nitrogen and oxygen atoms in total. The van der Waals surface area contributed by atoms with Crippen LogP contribution < -0.4 is 5.32 Å². The van der Waals surface area contributed by atoms with Gasteiger partial charge in [-0.25, -0.2) is 4.79 Å². The van der Waals surface area contributed by atoms with Gasteiger partial charge in [0.1, 0.15) is 0 Å². The Balaban J connectivity index is 1.75. The number of rotatable bonds is 7. The van der Waals surface area contributed by atoms with Crippen LogP contribution in [0.5, 0.6) is 0 Å². The minimum absolute atomic E-state index is 0.0790. The number of ether oxygens (including phenoxy) is 1. The van der Waals surface area contributed by atoms with Gasteiger partial charge >= 0.3 is 5.97 Å². The van der Waals surface area contributed by atoms with Crippen LogP contribution in [0.1, 0.15) is 18.1 Å². The first-order valence-electron chi connectivity index (χ1n) is 8.04. The van der Waals surface area contributed by atoms with Gasteiger partial charge in [0.05, 0.1) is 17.4 Å². The van der Waals surface area contributed by atoms with Crippen LogP contribution in [0.4, 0.5) is 4.79 Å². The van der Waals surface area contributed by atoms with Gasteiger partial charge in [-0.2, -0.15) is 5.26 Å². The van der Waals surface area contributed by atoms with Crippen molar-refractivity contribution in [2.75, 3.05) is 18.8 Å². The minimum Gasteiger partial charge on any atom is -0.449 e. The predicted octanol–water partition coefficient (Wildman–Crippen LogP) is 1.31. The Morgan fingerprint density at radius 1 is 1.37 bits per heavy atom. The highest BCUT2D eigenvalue weighted by Crippen LogP contribution is 2.17. The molecule has 0 aliphatic carbocycles. The lowest BCUT2D eigenvalue weighted by molar-refractivity contribution is -0.150. The van der Waals surface area contributed by atoms with E-state index in [1.54, 1.807) is 24.3 Å². The summed E-state index contributed by atoms with van der Waals surface area (Å²) in [6.45, 7) is 1.58. The first-order valence-corrected chi connectivity index (χ1v) is 9.03. The Bertz CT molecular complexity index is 797. The van der Waals surface area contributed by atoms with E-state index < -0.39 is 18.0 Å². The molecular formula is C18H17N3O5S. The van der Waals surface area contributed by atoms with Crippen LogP contribution in [-0.2, 0) is 19.1 Å². The van der Waals surface area contributed by atoms with Gasteiger partial charge in [0.25, 0.3) is 11.1 Å². The van der Waals surface area contributed by atoms with Crippen LogP contribution in [0.25, 0.3) is 6.08 Å². The molecule has 1 aromatic carbocycles. The highest BCUT2D eigenvalue weighted by Gasteiger charge is 2.29. The summed E-state index contributed by atoms with van der Waals surface area (Å²) in [4.78, 5) is 47.6. The van der Waals surface area contributed by atoms with Crippen molar-refractivity contribution >= 4 is 40.9 Å². The van der Waals surface area contributed by atoms with Crippen molar-refractivity contribution in [1.29, 1.82) is 5.26 Å². The molecule has 0 aromatic heterocycles. The first kappa shape index (κ1) is 20.2. The minimum atomic E-state index is -1.03. The number of hydrogen-bond donors (Lipinski definition) is 1. The van der Waals surface area contributed by atoms with E-state index in [1.165, 1.54) is 19.1 Å². The maximum atomic E-state index is 11.9. The number of nitrogens with zero attached hydrogens (tertiary/aromatic N) is 2. The fourth-order valence-corrected chi connectivity index (χ4v) is 2.88. The number of imide groups is 1. The fraction of sp³-hybridized carbons (Fsp3) is 0.278. The highest BCUT2D eigenvalue weighted by atomic mass is 32.2. The molecule has 2 rings (SSSR count). The number of nitrogens with one attached hydrogen (secondary N) is 1. The zero-order valence-electron chi connectivity index (χ0n) is 14.5. The molecule has 1 saturated heterocycles. The van der Waals surface area contributed by atoms with Gasteiger partial charge in [-0.05, 0) is 30.7 Å². The van der Waals surface area contributed by atoms with Crippen molar-refractivity contribution in [3.63, 3.8) is 0 Å². The average molecular weight is 387 g/mol. The smallest absolute Gasteiger partial charge is 0.331 e. The van der Waals surface area contributed by atoms with Crippen molar-refractivity contribution in [3.05, 3.63) is 41.5 Å². The summed E-state index contributed by atoms with van der Waals surface area (Å²) in [5.41, 5.74) is 1.22. The Kier molecular flexibility index (Phi) is 7.14. The number of nitriles is 1. The highest BCUT2D eigenvalue weighted by molar-refractivity contribution is 8.14. The first-order chi connectivity index (χ1) is 12.9. The van der Waals surface area contributed by atoms with Crippen LogP contribution in [-0.4, -0.2) is 52.9 Å². The molecule has 1 aromatic rings. The lowest BCUT2D eigenvalue weighted by Gasteiger charge is -2.15. The van der Waals surface area contributed by atoms with Crippen molar-refractivity contribution in [2.24, 2.45) is 0 Å². The normalized spacial score (nSPS) is 14.9. The summed E-state index contributed by atoms with van der Waals surface area (Å²) in [6, 6.07) is 8.59. The molecule has 3 amide bonds. The second-order valence-electron chi connectivity index (χ2n) is 5.54. The Morgan fingerprint density at radius 3 is 2.67 bits per heavy atom. The van der Waals surface area contributed by atoms with Gasteiger partial charge in [-0.1, -0.05) is 23.9 Å². The van der Waals surface area contributed by atoms with Gasteiger partial charge in [-0.3, -0.25) is 19.3 Å².